The quantitative estimate of drug-likeness (QED) is 0.390. The highest BCUT2D eigenvalue weighted by molar-refractivity contribution is 6.05. The van der Waals surface area contributed by atoms with E-state index in [0.29, 0.717) is 24.2 Å². The highest BCUT2D eigenvalue weighted by atomic mass is 16.2. The molecule has 1 saturated carbocycles. The van der Waals surface area contributed by atoms with Crippen molar-refractivity contribution in [2.45, 2.75) is 89.3 Å². The molecule has 1 unspecified atom stereocenters. The largest absolute Gasteiger partial charge is 0.351 e. The fourth-order valence-electron chi connectivity index (χ4n) is 6.11. The molecule has 1 aliphatic heterocycles. The van der Waals surface area contributed by atoms with Crippen molar-refractivity contribution in [2.75, 3.05) is 11.4 Å². The molecule has 2 amide bonds. The summed E-state index contributed by atoms with van der Waals surface area (Å²) in [5.74, 6) is -0.445. The number of nitrogens with zero attached hydrogens (tertiary/aromatic N) is 4. The molecule has 1 N–H and O–H groups in total. The van der Waals surface area contributed by atoms with Crippen molar-refractivity contribution in [2.24, 2.45) is 0 Å². The van der Waals surface area contributed by atoms with Crippen molar-refractivity contribution in [3.05, 3.63) is 72.1 Å². The Morgan fingerprint density at radius 3 is 2.42 bits per heavy atom. The summed E-state index contributed by atoms with van der Waals surface area (Å²) in [4.78, 5) is 36.5. The van der Waals surface area contributed by atoms with Gasteiger partial charge in [-0.15, -0.1) is 0 Å². The monoisotopic (exact) mass is 537 g/mol. The summed E-state index contributed by atoms with van der Waals surface area (Å²) in [6, 6.07) is 14.3. The second-order valence-electron chi connectivity index (χ2n) is 12.2. The zero-order valence-corrected chi connectivity index (χ0v) is 23.8. The van der Waals surface area contributed by atoms with Crippen LogP contribution < -0.4 is 10.2 Å². The van der Waals surface area contributed by atoms with Crippen LogP contribution in [0.2, 0.25) is 0 Å². The number of pyridine rings is 1. The Bertz CT molecular complexity index is 1390. The average molecular weight is 538 g/mol. The molecule has 1 aromatic heterocycles. The van der Waals surface area contributed by atoms with Crippen LogP contribution in [0, 0.1) is 11.5 Å². The summed E-state index contributed by atoms with van der Waals surface area (Å²) in [6.07, 6.45) is 12.3. The molecule has 208 valence electrons. The van der Waals surface area contributed by atoms with Crippen LogP contribution in [-0.2, 0) is 15.0 Å². The van der Waals surface area contributed by atoms with Crippen molar-refractivity contribution in [1.29, 1.82) is 5.26 Å². The predicted octanol–water partition coefficient (Wildman–Crippen LogP) is 6.00. The van der Waals surface area contributed by atoms with Crippen molar-refractivity contribution < 1.29 is 9.59 Å². The summed E-state index contributed by atoms with van der Waals surface area (Å²) in [7, 11) is 0. The predicted molar refractivity (Wildman–Crippen MR) is 157 cm³/mol. The van der Waals surface area contributed by atoms with Crippen LogP contribution in [-0.4, -0.2) is 40.3 Å². The molecule has 0 radical (unpaired) electrons. The van der Waals surface area contributed by atoms with Gasteiger partial charge in [0.25, 0.3) is 5.91 Å². The van der Waals surface area contributed by atoms with Gasteiger partial charge in [0.1, 0.15) is 12.1 Å². The van der Waals surface area contributed by atoms with Crippen molar-refractivity contribution in [3.8, 4) is 6.19 Å². The first-order valence-corrected chi connectivity index (χ1v) is 14.5. The number of nitriles is 1. The number of carbonyl (C=O) groups excluding carboxylic acids is 2. The maximum atomic E-state index is 14.5. The first-order valence-electron chi connectivity index (χ1n) is 14.5. The number of likely N-dealkylation sites (tertiary alicyclic amines) is 1. The van der Waals surface area contributed by atoms with Crippen LogP contribution in [0.5, 0.6) is 0 Å². The first kappa shape index (κ1) is 27.6. The SMILES string of the molecule is CC(C)(C)c1ccc(N(C(=O)[C@H]2CCCN2C#N)C(C(=O)NC2CCCCC2)c2cncc3ccccc23)cc1. The molecule has 7 heteroatoms. The van der Waals surface area contributed by atoms with Gasteiger partial charge in [0.15, 0.2) is 6.19 Å². The van der Waals surface area contributed by atoms with Gasteiger partial charge in [-0.3, -0.25) is 24.4 Å². The van der Waals surface area contributed by atoms with Crippen LogP contribution in [0.4, 0.5) is 5.69 Å². The Morgan fingerprint density at radius 2 is 1.73 bits per heavy atom. The van der Waals surface area contributed by atoms with Crippen LogP contribution in [0.15, 0.2) is 60.9 Å². The second-order valence-corrected chi connectivity index (χ2v) is 12.2. The van der Waals surface area contributed by atoms with E-state index in [0.717, 1.165) is 48.4 Å². The molecule has 7 nitrogen and oxygen atoms in total. The lowest BCUT2D eigenvalue weighted by Gasteiger charge is -2.36. The number of aromatic nitrogens is 1. The Kier molecular flexibility index (Phi) is 8.07. The van der Waals surface area contributed by atoms with E-state index in [2.05, 4.69) is 37.3 Å². The van der Waals surface area contributed by atoms with Crippen LogP contribution in [0.3, 0.4) is 0 Å². The summed E-state index contributed by atoms with van der Waals surface area (Å²) in [5, 5.41) is 14.9. The van der Waals surface area contributed by atoms with Gasteiger partial charge in [-0.05, 0) is 54.2 Å². The maximum Gasteiger partial charge on any atom is 0.251 e. The van der Waals surface area contributed by atoms with E-state index in [1.54, 1.807) is 22.2 Å². The van der Waals surface area contributed by atoms with Gasteiger partial charge in [0, 0.05) is 41.6 Å². The molecule has 0 bridgehead atoms. The fraction of sp³-hybridized carbons (Fsp3) is 0.455. The number of benzene rings is 2. The molecule has 5 rings (SSSR count). The number of nitrogens with one attached hydrogen (secondary N) is 1. The summed E-state index contributed by atoms with van der Waals surface area (Å²) < 4.78 is 0. The van der Waals surface area contributed by atoms with Gasteiger partial charge in [-0.1, -0.05) is 76.4 Å². The van der Waals surface area contributed by atoms with Gasteiger partial charge in [-0.2, -0.15) is 5.26 Å². The fourth-order valence-corrected chi connectivity index (χ4v) is 6.11. The van der Waals surface area contributed by atoms with Crippen LogP contribution >= 0.6 is 0 Å². The number of fused-ring (bicyclic) bond motifs is 1. The lowest BCUT2D eigenvalue weighted by Crippen LogP contribution is -2.51. The van der Waals surface area contributed by atoms with E-state index in [9.17, 15) is 14.9 Å². The molecule has 2 heterocycles. The summed E-state index contributed by atoms with van der Waals surface area (Å²) in [6.45, 7) is 6.99. The third-order valence-corrected chi connectivity index (χ3v) is 8.37. The first-order chi connectivity index (χ1) is 19.3. The molecular weight excluding hydrogens is 498 g/mol. The zero-order valence-electron chi connectivity index (χ0n) is 23.8. The minimum absolute atomic E-state index is 0.0618. The Hall–Kier alpha value is -3.92. The highest BCUT2D eigenvalue weighted by Crippen LogP contribution is 2.36. The molecule has 3 aromatic rings. The lowest BCUT2D eigenvalue weighted by molar-refractivity contribution is -0.128. The Balaban J connectivity index is 1.66. The molecule has 40 heavy (non-hydrogen) atoms. The van der Waals surface area contributed by atoms with E-state index < -0.39 is 12.1 Å². The molecular formula is C33H39N5O2. The van der Waals surface area contributed by atoms with Gasteiger partial charge in [0.05, 0.1) is 0 Å². The molecule has 2 aromatic carbocycles. The summed E-state index contributed by atoms with van der Waals surface area (Å²) in [5.41, 5.74) is 2.40. The summed E-state index contributed by atoms with van der Waals surface area (Å²) >= 11 is 0. The molecule has 2 aliphatic rings. The van der Waals surface area contributed by atoms with E-state index >= 15 is 0 Å². The third-order valence-electron chi connectivity index (χ3n) is 8.37. The van der Waals surface area contributed by atoms with Gasteiger partial charge in [0.2, 0.25) is 5.91 Å². The number of carbonyl (C=O) groups is 2. The Morgan fingerprint density at radius 1 is 1.00 bits per heavy atom. The second kappa shape index (κ2) is 11.7. The number of hydrogen-bond acceptors (Lipinski definition) is 5. The van der Waals surface area contributed by atoms with Crippen molar-refractivity contribution in [3.63, 3.8) is 0 Å². The minimum Gasteiger partial charge on any atom is -0.351 e. The smallest absolute Gasteiger partial charge is 0.251 e. The molecule has 1 aliphatic carbocycles. The topological polar surface area (TPSA) is 89.3 Å². The minimum atomic E-state index is -0.936. The van der Waals surface area contributed by atoms with Gasteiger partial charge < -0.3 is 5.32 Å². The molecule has 0 spiro atoms. The number of rotatable bonds is 6. The van der Waals surface area contributed by atoms with Crippen LogP contribution in [0.1, 0.15) is 82.9 Å². The zero-order chi connectivity index (χ0) is 28.3. The molecule has 1 saturated heterocycles. The van der Waals surface area contributed by atoms with E-state index in [1.807, 2.05) is 48.5 Å². The highest BCUT2D eigenvalue weighted by Gasteiger charge is 2.41. The van der Waals surface area contributed by atoms with Crippen molar-refractivity contribution in [1.82, 2.24) is 15.2 Å². The standard InChI is InChI=1S/C33H39N5O2/c1-33(2,3)24-15-17-26(18-16-24)38(32(40)29-14-9-19-37(29)22-34)30(31(39)36-25-11-5-4-6-12-25)28-21-35-20-23-10-7-8-13-27(23)28/h7-8,10,13,15-18,20-21,25,29-30H,4-6,9,11-12,14,19H2,1-3H3,(H,36,39)/t29-,30?/m1/s1. The van der Waals surface area contributed by atoms with Crippen molar-refractivity contribution >= 4 is 28.3 Å². The lowest BCUT2D eigenvalue weighted by atomic mass is 9.87. The third kappa shape index (κ3) is 5.67. The van der Waals surface area contributed by atoms with E-state index in [4.69, 9.17) is 0 Å². The van der Waals surface area contributed by atoms with E-state index in [-0.39, 0.29) is 23.3 Å². The average Bonchev–Trinajstić information content (AvgIpc) is 3.45. The van der Waals surface area contributed by atoms with Gasteiger partial charge >= 0.3 is 0 Å². The maximum absolute atomic E-state index is 14.5. The molecule has 2 atom stereocenters. The number of anilines is 1. The molecule has 2 fully saturated rings. The van der Waals surface area contributed by atoms with E-state index in [1.165, 1.54) is 6.42 Å². The van der Waals surface area contributed by atoms with Crippen LogP contribution in [0.25, 0.3) is 10.8 Å². The normalized spacial score (nSPS) is 18.8. The number of amides is 2. The van der Waals surface area contributed by atoms with Gasteiger partial charge in [-0.25, -0.2) is 0 Å². The number of hydrogen-bond donors (Lipinski definition) is 1. The Labute approximate surface area is 237 Å².